The van der Waals surface area contributed by atoms with Gasteiger partial charge in [0.1, 0.15) is 6.17 Å². The van der Waals surface area contributed by atoms with Gasteiger partial charge in [0.25, 0.3) is 5.69 Å². The number of benzene rings is 1. The summed E-state index contributed by atoms with van der Waals surface area (Å²) in [5, 5.41) is 10.4. The average molecular weight is 183 g/mol. The lowest BCUT2D eigenvalue weighted by Crippen LogP contribution is -1.93. The van der Waals surface area contributed by atoms with Crippen LogP contribution in [0.25, 0.3) is 0 Å². The van der Waals surface area contributed by atoms with Crippen LogP contribution < -0.4 is 0 Å². The number of nitro benzene ring substituents is 1. The van der Waals surface area contributed by atoms with Crippen molar-refractivity contribution in [1.29, 1.82) is 0 Å². The van der Waals surface area contributed by atoms with Crippen LogP contribution in [0.5, 0.6) is 0 Å². The van der Waals surface area contributed by atoms with Gasteiger partial charge in [-0.15, -0.1) is 0 Å². The summed E-state index contributed by atoms with van der Waals surface area (Å²) < 4.78 is 12.8. The standard InChI is InChI=1S/C9H10FNO2/c1-6-5-8(7(2)10)3-4-9(6)11(12)13/h3-5,7H,1-2H3. The summed E-state index contributed by atoms with van der Waals surface area (Å²) in [5.41, 5.74) is 1.000. The van der Waals surface area contributed by atoms with Crippen LogP contribution in [0.15, 0.2) is 18.2 Å². The maximum atomic E-state index is 12.8. The van der Waals surface area contributed by atoms with Gasteiger partial charge in [0.15, 0.2) is 0 Å². The summed E-state index contributed by atoms with van der Waals surface area (Å²) in [6, 6.07) is 4.28. The van der Waals surface area contributed by atoms with Crippen LogP contribution in [0.2, 0.25) is 0 Å². The molecule has 0 fully saturated rings. The SMILES string of the molecule is Cc1cc(C(C)F)ccc1[N+](=O)[O-]. The van der Waals surface area contributed by atoms with Gasteiger partial charge < -0.3 is 0 Å². The topological polar surface area (TPSA) is 43.1 Å². The van der Waals surface area contributed by atoms with Crippen LogP contribution in [0.1, 0.15) is 24.2 Å². The molecule has 0 aromatic heterocycles. The third-order valence-corrected chi connectivity index (χ3v) is 1.88. The molecule has 0 aliphatic heterocycles. The quantitative estimate of drug-likeness (QED) is 0.522. The molecule has 0 aliphatic carbocycles. The lowest BCUT2D eigenvalue weighted by atomic mass is 10.1. The average Bonchev–Trinajstić information content (AvgIpc) is 2.03. The van der Waals surface area contributed by atoms with Crippen molar-refractivity contribution in [3.05, 3.63) is 39.4 Å². The highest BCUT2D eigenvalue weighted by Crippen LogP contribution is 2.23. The summed E-state index contributed by atoms with van der Waals surface area (Å²) in [6.07, 6.45) is -1.08. The molecule has 0 amide bonds. The monoisotopic (exact) mass is 183 g/mol. The lowest BCUT2D eigenvalue weighted by molar-refractivity contribution is -0.385. The Balaban J connectivity index is 3.13. The molecule has 70 valence electrons. The first-order chi connectivity index (χ1) is 6.02. The van der Waals surface area contributed by atoms with Crippen molar-refractivity contribution in [2.45, 2.75) is 20.0 Å². The van der Waals surface area contributed by atoms with E-state index in [9.17, 15) is 14.5 Å². The van der Waals surface area contributed by atoms with E-state index in [0.717, 1.165) is 0 Å². The number of rotatable bonds is 2. The van der Waals surface area contributed by atoms with Crippen molar-refractivity contribution in [1.82, 2.24) is 0 Å². The van der Waals surface area contributed by atoms with Gasteiger partial charge in [0.05, 0.1) is 4.92 Å². The molecule has 0 saturated heterocycles. The van der Waals surface area contributed by atoms with Gasteiger partial charge in [-0.1, -0.05) is 0 Å². The van der Waals surface area contributed by atoms with Crippen molar-refractivity contribution in [3.8, 4) is 0 Å². The molecule has 0 aliphatic rings. The smallest absolute Gasteiger partial charge is 0.258 e. The number of alkyl halides is 1. The highest BCUT2D eigenvalue weighted by molar-refractivity contribution is 5.42. The van der Waals surface area contributed by atoms with E-state index in [1.54, 1.807) is 6.92 Å². The molecule has 0 heterocycles. The molecule has 1 aromatic carbocycles. The van der Waals surface area contributed by atoms with Crippen LogP contribution in [-0.4, -0.2) is 4.92 Å². The molecule has 1 aromatic rings. The van der Waals surface area contributed by atoms with E-state index in [0.29, 0.717) is 11.1 Å². The van der Waals surface area contributed by atoms with Gasteiger partial charge in [-0.3, -0.25) is 10.1 Å². The maximum Gasteiger partial charge on any atom is 0.272 e. The van der Waals surface area contributed by atoms with E-state index >= 15 is 0 Å². The second-order valence-electron chi connectivity index (χ2n) is 2.92. The van der Waals surface area contributed by atoms with Gasteiger partial charge in [-0.2, -0.15) is 0 Å². The van der Waals surface area contributed by atoms with E-state index < -0.39 is 11.1 Å². The normalized spacial score (nSPS) is 12.5. The number of nitrogens with zero attached hydrogens (tertiary/aromatic N) is 1. The first-order valence-corrected chi connectivity index (χ1v) is 3.91. The van der Waals surface area contributed by atoms with Gasteiger partial charge in [-0.25, -0.2) is 4.39 Å². The molecule has 1 unspecified atom stereocenters. The highest BCUT2D eigenvalue weighted by Gasteiger charge is 2.12. The van der Waals surface area contributed by atoms with Crippen molar-refractivity contribution in [2.75, 3.05) is 0 Å². The number of nitro groups is 1. The summed E-state index contributed by atoms with van der Waals surface area (Å²) in [4.78, 5) is 9.94. The Bertz CT molecular complexity index is 336. The fourth-order valence-corrected chi connectivity index (χ4v) is 1.13. The fourth-order valence-electron chi connectivity index (χ4n) is 1.13. The Morgan fingerprint density at radius 2 is 2.15 bits per heavy atom. The Kier molecular flexibility index (Phi) is 2.60. The third kappa shape index (κ3) is 2.02. The van der Waals surface area contributed by atoms with E-state index in [4.69, 9.17) is 0 Å². The zero-order chi connectivity index (χ0) is 10.0. The Hall–Kier alpha value is -1.45. The van der Waals surface area contributed by atoms with Crippen molar-refractivity contribution < 1.29 is 9.31 Å². The molecule has 4 heteroatoms. The molecular weight excluding hydrogens is 173 g/mol. The second kappa shape index (κ2) is 3.51. The molecule has 3 nitrogen and oxygen atoms in total. The van der Waals surface area contributed by atoms with Crippen LogP contribution >= 0.6 is 0 Å². The third-order valence-electron chi connectivity index (χ3n) is 1.88. The predicted molar refractivity (Wildman–Crippen MR) is 47.4 cm³/mol. The summed E-state index contributed by atoms with van der Waals surface area (Å²) in [7, 11) is 0. The Labute approximate surface area is 75.3 Å². The molecule has 13 heavy (non-hydrogen) atoms. The summed E-state index contributed by atoms with van der Waals surface area (Å²) in [5.74, 6) is 0. The second-order valence-corrected chi connectivity index (χ2v) is 2.92. The molecule has 0 spiro atoms. The predicted octanol–water partition coefficient (Wildman–Crippen LogP) is 2.93. The Morgan fingerprint density at radius 3 is 2.54 bits per heavy atom. The highest BCUT2D eigenvalue weighted by atomic mass is 19.1. The van der Waals surface area contributed by atoms with Crippen LogP contribution in [0, 0.1) is 17.0 Å². The van der Waals surface area contributed by atoms with E-state index in [2.05, 4.69) is 0 Å². The minimum atomic E-state index is -1.08. The molecular formula is C9H10FNO2. The van der Waals surface area contributed by atoms with E-state index in [1.807, 2.05) is 0 Å². The first kappa shape index (κ1) is 9.64. The minimum Gasteiger partial charge on any atom is -0.258 e. The molecule has 1 atom stereocenters. The number of halogens is 1. The number of hydrogen-bond donors (Lipinski definition) is 0. The first-order valence-electron chi connectivity index (χ1n) is 3.91. The largest absolute Gasteiger partial charge is 0.272 e. The summed E-state index contributed by atoms with van der Waals surface area (Å²) >= 11 is 0. The van der Waals surface area contributed by atoms with Crippen LogP contribution in [-0.2, 0) is 0 Å². The number of aryl methyl sites for hydroxylation is 1. The van der Waals surface area contributed by atoms with E-state index in [1.165, 1.54) is 25.1 Å². The van der Waals surface area contributed by atoms with Gasteiger partial charge in [0, 0.05) is 11.6 Å². The van der Waals surface area contributed by atoms with Gasteiger partial charge in [0.2, 0.25) is 0 Å². The van der Waals surface area contributed by atoms with Crippen molar-refractivity contribution in [2.24, 2.45) is 0 Å². The zero-order valence-corrected chi connectivity index (χ0v) is 7.45. The summed E-state index contributed by atoms with van der Waals surface area (Å²) in [6.45, 7) is 3.00. The fraction of sp³-hybridized carbons (Fsp3) is 0.333. The molecule has 0 radical (unpaired) electrons. The molecule has 1 rings (SSSR count). The molecule has 0 saturated carbocycles. The van der Waals surface area contributed by atoms with E-state index in [-0.39, 0.29) is 5.69 Å². The molecule has 0 N–H and O–H groups in total. The van der Waals surface area contributed by atoms with Crippen LogP contribution in [0.4, 0.5) is 10.1 Å². The van der Waals surface area contributed by atoms with Crippen molar-refractivity contribution in [3.63, 3.8) is 0 Å². The van der Waals surface area contributed by atoms with Crippen LogP contribution in [0.3, 0.4) is 0 Å². The minimum absolute atomic E-state index is 0.0319. The maximum absolute atomic E-state index is 12.8. The zero-order valence-electron chi connectivity index (χ0n) is 7.45. The van der Waals surface area contributed by atoms with Gasteiger partial charge in [-0.05, 0) is 31.5 Å². The number of hydrogen-bond acceptors (Lipinski definition) is 2. The van der Waals surface area contributed by atoms with Gasteiger partial charge >= 0.3 is 0 Å². The van der Waals surface area contributed by atoms with Crippen molar-refractivity contribution >= 4 is 5.69 Å². The lowest BCUT2D eigenvalue weighted by Gasteiger charge is -2.03. The molecule has 0 bridgehead atoms. The Morgan fingerprint density at radius 1 is 1.54 bits per heavy atom.